The first-order chi connectivity index (χ1) is 13.4. The minimum Gasteiger partial charge on any atom is -0.462 e. The van der Waals surface area contributed by atoms with Crippen molar-refractivity contribution in [3.05, 3.63) is 46.3 Å². The highest BCUT2D eigenvalue weighted by molar-refractivity contribution is 7.17. The molecule has 28 heavy (non-hydrogen) atoms. The summed E-state index contributed by atoms with van der Waals surface area (Å²) in [6.07, 6.45) is 4.23. The monoisotopic (exact) mass is 399 g/mol. The SMILES string of the molecule is CCOC(=O)c1c(NC(=NC(C)(C)C)Nc2ccccc2)sc2c1CCCC2. The Labute approximate surface area is 171 Å². The minimum atomic E-state index is -0.273. The van der Waals surface area contributed by atoms with E-state index >= 15 is 0 Å². The lowest BCUT2D eigenvalue weighted by Crippen LogP contribution is -2.27. The van der Waals surface area contributed by atoms with Crippen molar-refractivity contribution in [3.8, 4) is 0 Å². The highest BCUT2D eigenvalue weighted by Crippen LogP contribution is 2.38. The molecule has 5 nitrogen and oxygen atoms in total. The zero-order chi connectivity index (χ0) is 20.1. The Morgan fingerprint density at radius 2 is 1.86 bits per heavy atom. The minimum absolute atomic E-state index is 0.251. The third-order valence-electron chi connectivity index (χ3n) is 4.37. The topological polar surface area (TPSA) is 62.7 Å². The molecule has 0 fully saturated rings. The van der Waals surface area contributed by atoms with Crippen molar-refractivity contribution >= 4 is 34.0 Å². The summed E-state index contributed by atoms with van der Waals surface area (Å²) in [4.78, 5) is 18.8. The van der Waals surface area contributed by atoms with Crippen LogP contribution in [0, 0.1) is 0 Å². The summed E-state index contributed by atoms with van der Waals surface area (Å²) in [5, 5.41) is 7.58. The predicted octanol–water partition coefficient (Wildman–Crippen LogP) is 5.48. The van der Waals surface area contributed by atoms with E-state index in [1.54, 1.807) is 11.3 Å². The molecule has 150 valence electrons. The lowest BCUT2D eigenvalue weighted by Gasteiger charge is -2.19. The molecule has 0 bridgehead atoms. The van der Waals surface area contributed by atoms with Crippen LogP contribution in [0.3, 0.4) is 0 Å². The van der Waals surface area contributed by atoms with E-state index in [0.717, 1.165) is 35.5 Å². The molecular weight excluding hydrogens is 370 g/mol. The number of hydrogen-bond acceptors (Lipinski definition) is 4. The first-order valence-electron chi connectivity index (χ1n) is 9.88. The number of carbonyl (C=O) groups is 1. The number of guanidine groups is 1. The van der Waals surface area contributed by atoms with Gasteiger partial charge in [0.15, 0.2) is 0 Å². The number of fused-ring (bicyclic) bond motifs is 1. The van der Waals surface area contributed by atoms with Gasteiger partial charge in [0.05, 0.1) is 17.7 Å². The van der Waals surface area contributed by atoms with Crippen LogP contribution in [0.4, 0.5) is 10.7 Å². The van der Waals surface area contributed by atoms with Gasteiger partial charge < -0.3 is 15.4 Å². The van der Waals surface area contributed by atoms with Gasteiger partial charge >= 0.3 is 5.97 Å². The van der Waals surface area contributed by atoms with E-state index in [1.165, 1.54) is 11.3 Å². The van der Waals surface area contributed by atoms with E-state index in [-0.39, 0.29) is 11.5 Å². The van der Waals surface area contributed by atoms with Crippen LogP contribution >= 0.6 is 11.3 Å². The van der Waals surface area contributed by atoms with Crippen molar-refractivity contribution in [2.45, 2.75) is 58.9 Å². The third kappa shape index (κ3) is 5.13. The number of thiophene rings is 1. The van der Waals surface area contributed by atoms with Gasteiger partial charge in [-0.3, -0.25) is 0 Å². The van der Waals surface area contributed by atoms with Crippen molar-refractivity contribution in [1.82, 2.24) is 0 Å². The number of hydrogen-bond donors (Lipinski definition) is 2. The number of nitrogens with one attached hydrogen (secondary N) is 2. The number of aryl methyl sites for hydroxylation is 1. The fourth-order valence-corrected chi connectivity index (χ4v) is 4.54. The molecule has 0 aliphatic heterocycles. The van der Waals surface area contributed by atoms with Gasteiger partial charge in [0, 0.05) is 10.6 Å². The van der Waals surface area contributed by atoms with Crippen LogP contribution in [0.15, 0.2) is 35.3 Å². The maximum Gasteiger partial charge on any atom is 0.341 e. The molecule has 0 unspecified atom stereocenters. The van der Waals surface area contributed by atoms with Gasteiger partial charge in [-0.1, -0.05) is 18.2 Å². The molecule has 1 aliphatic carbocycles. The number of anilines is 2. The van der Waals surface area contributed by atoms with Gasteiger partial charge in [-0.2, -0.15) is 0 Å². The molecule has 2 aromatic rings. The Hall–Kier alpha value is -2.34. The van der Waals surface area contributed by atoms with E-state index in [9.17, 15) is 4.79 Å². The molecule has 0 radical (unpaired) electrons. The molecule has 2 N–H and O–H groups in total. The zero-order valence-electron chi connectivity index (χ0n) is 17.1. The molecule has 1 aliphatic rings. The van der Waals surface area contributed by atoms with Crippen LogP contribution in [0.1, 0.15) is 61.3 Å². The summed E-state index contributed by atoms with van der Waals surface area (Å²) in [5.74, 6) is 0.377. The average Bonchev–Trinajstić information content (AvgIpc) is 2.99. The first kappa shape index (κ1) is 20.4. The van der Waals surface area contributed by atoms with Gasteiger partial charge in [0.25, 0.3) is 0 Å². The van der Waals surface area contributed by atoms with E-state index in [0.29, 0.717) is 18.1 Å². The number of rotatable bonds is 4. The highest BCUT2D eigenvalue weighted by Gasteiger charge is 2.27. The number of ether oxygens (including phenoxy) is 1. The fraction of sp³-hybridized carbons (Fsp3) is 0.455. The molecule has 3 rings (SSSR count). The Morgan fingerprint density at radius 1 is 1.14 bits per heavy atom. The molecule has 0 saturated heterocycles. The summed E-state index contributed by atoms with van der Waals surface area (Å²) in [6, 6.07) is 9.92. The first-order valence-corrected chi connectivity index (χ1v) is 10.7. The number of carbonyl (C=O) groups excluding carboxylic acids is 1. The van der Waals surface area contributed by atoms with E-state index in [4.69, 9.17) is 9.73 Å². The van der Waals surface area contributed by atoms with Gasteiger partial charge in [0.2, 0.25) is 5.96 Å². The molecule has 0 amide bonds. The average molecular weight is 400 g/mol. The summed E-state index contributed by atoms with van der Waals surface area (Å²) in [5.41, 5.74) is 2.49. The number of nitrogens with zero attached hydrogens (tertiary/aromatic N) is 1. The normalized spacial score (nSPS) is 14.4. The van der Waals surface area contributed by atoms with Crippen LogP contribution in [0.25, 0.3) is 0 Å². The summed E-state index contributed by atoms with van der Waals surface area (Å²) < 4.78 is 5.36. The Balaban J connectivity index is 1.97. The maximum absolute atomic E-state index is 12.7. The van der Waals surface area contributed by atoms with Gasteiger partial charge in [-0.05, 0) is 71.1 Å². The fourth-order valence-electron chi connectivity index (χ4n) is 3.26. The second-order valence-electron chi connectivity index (χ2n) is 7.88. The molecule has 1 aromatic heterocycles. The standard InChI is InChI=1S/C22H29N3O2S/c1-5-27-20(26)18-16-13-9-10-14-17(16)28-19(18)24-21(25-22(2,3)4)23-15-11-7-6-8-12-15/h6-8,11-12H,5,9-10,13-14H2,1-4H3,(H2,23,24,25). The third-order valence-corrected chi connectivity index (χ3v) is 5.57. The molecule has 1 aromatic carbocycles. The molecule has 1 heterocycles. The van der Waals surface area contributed by atoms with Crippen LogP contribution in [-0.2, 0) is 17.6 Å². The van der Waals surface area contributed by atoms with Gasteiger partial charge in [-0.25, -0.2) is 9.79 Å². The van der Waals surface area contributed by atoms with Crippen LogP contribution in [-0.4, -0.2) is 24.1 Å². The zero-order valence-corrected chi connectivity index (χ0v) is 17.9. The van der Waals surface area contributed by atoms with Gasteiger partial charge in [-0.15, -0.1) is 11.3 Å². The van der Waals surface area contributed by atoms with E-state index < -0.39 is 0 Å². The van der Waals surface area contributed by atoms with Crippen molar-refractivity contribution in [2.24, 2.45) is 4.99 Å². The summed E-state index contributed by atoms with van der Waals surface area (Å²) in [6.45, 7) is 8.36. The molecule has 0 atom stereocenters. The lowest BCUT2D eigenvalue weighted by atomic mass is 9.95. The van der Waals surface area contributed by atoms with Crippen LogP contribution in [0.5, 0.6) is 0 Å². The Bertz CT molecular complexity index is 851. The highest BCUT2D eigenvalue weighted by atomic mass is 32.1. The second-order valence-corrected chi connectivity index (χ2v) is 8.99. The predicted molar refractivity (Wildman–Crippen MR) is 118 cm³/mol. The Kier molecular flexibility index (Phi) is 6.39. The quantitative estimate of drug-likeness (QED) is 0.406. The van der Waals surface area contributed by atoms with E-state index in [2.05, 4.69) is 10.6 Å². The Morgan fingerprint density at radius 3 is 2.54 bits per heavy atom. The largest absolute Gasteiger partial charge is 0.462 e. The van der Waals surface area contributed by atoms with Crippen LogP contribution in [0.2, 0.25) is 0 Å². The van der Waals surface area contributed by atoms with Crippen molar-refractivity contribution in [3.63, 3.8) is 0 Å². The molecule has 6 heteroatoms. The number of esters is 1. The van der Waals surface area contributed by atoms with Gasteiger partial charge in [0.1, 0.15) is 5.00 Å². The van der Waals surface area contributed by atoms with Crippen molar-refractivity contribution in [2.75, 3.05) is 17.2 Å². The summed E-state index contributed by atoms with van der Waals surface area (Å²) >= 11 is 1.65. The number of para-hydroxylation sites is 1. The maximum atomic E-state index is 12.7. The smallest absolute Gasteiger partial charge is 0.341 e. The van der Waals surface area contributed by atoms with Crippen LogP contribution < -0.4 is 10.6 Å². The molecular formula is C22H29N3O2S. The van der Waals surface area contributed by atoms with E-state index in [1.807, 2.05) is 58.0 Å². The molecule has 0 spiro atoms. The number of aliphatic imine (C=N–C) groups is 1. The lowest BCUT2D eigenvalue weighted by molar-refractivity contribution is 0.0526. The van der Waals surface area contributed by atoms with Crippen molar-refractivity contribution < 1.29 is 9.53 Å². The molecule has 0 saturated carbocycles. The number of benzene rings is 1. The van der Waals surface area contributed by atoms with Crippen molar-refractivity contribution in [1.29, 1.82) is 0 Å². The second kappa shape index (κ2) is 8.78. The summed E-state index contributed by atoms with van der Waals surface area (Å²) in [7, 11) is 0.